The zero-order valence-corrected chi connectivity index (χ0v) is 19.6. The third-order valence-corrected chi connectivity index (χ3v) is 8.27. The zero-order valence-electron chi connectivity index (χ0n) is 18.8. The van der Waals surface area contributed by atoms with Crippen molar-refractivity contribution in [2.45, 2.75) is 45.2 Å². The van der Waals surface area contributed by atoms with Gasteiger partial charge < -0.3 is 15.4 Å². The molecule has 33 heavy (non-hydrogen) atoms. The van der Waals surface area contributed by atoms with Gasteiger partial charge in [0.15, 0.2) is 0 Å². The number of nitrogens with one attached hydrogen (secondary N) is 2. The number of rotatable bonds is 5. The van der Waals surface area contributed by atoms with Crippen molar-refractivity contribution in [3.63, 3.8) is 0 Å². The van der Waals surface area contributed by atoms with Crippen molar-refractivity contribution in [3.8, 4) is 0 Å². The maximum atomic E-state index is 13.1. The highest BCUT2D eigenvalue weighted by Crippen LogP contribution is 2.37. The van der Waals surface area contributed by atoms with Crippen molar-refractivity contribution < 1.29 is 13.2 Å². The molecule has 0 aliphatic carbocycles. The molecule has 0 fully saturated rings. The molecular weight excluding hydrogens is 440 g/mol. The van der Waals surface area contributed by atoms with Crippen LogP contribution in [0.3, 0.4) is 0 Å². The fourth-order valence-electron chi connectivity index (χ4n) is 3.92. The highest BCUT2D eigenvalue weighted by molar-refractivity contribution is 7.94. The summed E-state index contributed by atoms with van der Waals surface area (Å²) in [5.41, 5.74) is 4.98. The molecule has 3 aromatic rings. The van der Waals surface area contributed by atoms with Crippen molar-refractivity contribution in [1.82, 2.24) is 15.0 Å². The fraction of sp³-hybridized carbons (Fsp3) is 0.348. The van der Waals surface area contributed by atoms with Crippen LogP contribution in [0.25, 0.3) is 0 Å². The number of nitrogens with zero attached hydrogens (tertiary/aromatic N) is 4. The molecule has 1 aromatic carbocycles. The van der Waals surface area contributed by atoms with E-state index in [0.29, 0.717) is 43.6 Å². The number of hydrogen-bond acceptors (Lipinski definition) is 8. The number of sulfonamides is 1. The fourth-order valence-corrected chi connectivity index (χ4v) is 5.34. The van der Waals surface area contributed by atoms with Crippen molar-refractivity contribution >= 4 is 38.9 Å². The van der Waals surface area contributed by atoms with Crippen molar-refractivity contribution in [2.24, 2.45) is 0 Å². The minimum atomic E-state index is -3.49. The highest BCUT2D eigenvalue weighted by Gasteiger charge is 2.38. The Bertz CT molecular complexity index is 1310. The molecule has 2 aliphatic heterocycles. The van der Waals surface area contributed by atoms with Crippen LogP contribution in [0.4, 0.5) is 28.8 Å². The van der Waals surface area contributed by atoms with Crippen LogP contribution < -0.4 is 14.9 Å². The second-order valence-corrected chi connectivity index (χ2v) is 11.7. The average molecular weight is 467 g/mol. The van der Waals surface area contributed by atoms with E-state index in [1.807, 2.05) is 30.3 Å². The second-order valence-electron chi connectivity index (χ2n) is 9.09. The predicted molar refractivity (Wildman–Crippen MR) is 127 cm³/mol. The van der Waals surface area contributed by atoms with Crippen molar-refractivity contribution in [3.05, 3.63) is 59.5 Å². The van der Waals surface area contributed by atoms with Crippen LogP contribution in [0.1, 0.15) is 37.6 Å². The normalized spacial score (nSPS) is 15.3. The van der Waals surface area contributed by atoms with E-state index >= 15 is 0 Å². The minimum absolute atomic E-state index is 0.413. The third-order valence-electron chi connectivity index (χ3n) is 5.76. The third kappa shape index (κ3) is 4.00. The summed E-state index contributed by atoms with van der Waals surface area (Å²) < 4.78 is 32.5. The first-order chi connectivity index (χ1) is 15.7. The van der Waals surface area contributed by atoms with Gasteiger partial charge in [-0.2, -0.15) is 4.98 Å². The van der Waals surface area contributed by atoms with Crippen LogP contribution in [0.15, 0.2) is 42.7 Å². The van der Waals surface area contributed by atoms with E-state index < -0.39 is 14.8 Å². The monoisotopic (exact) mass is 466 g/mol. The van der Waals surface area contributed by atoms with Crippen LogP contribution in [-0.2, 0) is 34.4 Å². The summed E-state index contributed by atoms with van der Waals surface area (Å²) >= 11 is 0. The molecule has 0 bridgehead atoms. The quantitative estimate of drug-likeness (QED) is 0.583. The Balaban J connectivity index is 1.48. The Hall–Kier alpha value is -3.24. The van der Waals surface area contributed by atoms with Gasteiger partial charge in [0.05, 0.1) is 41.2 Å². The maximum Gasteiger partial charge on any atom is 0.240 e. The number of hydrogen-bond donors (Lipinski definition) is 2. The molecule has 0 atom stereocenters. The minimum Gasteiger partial charge on any atom is -0.370 e. The first kappa shape index (κ1) is 21.6. The molecule has 5 rings (SSSR count). The number of ether oxygens (including phenoxy) is 1. The smallest absolute Gasteiger partial charge is 0.240 e. The molecule has 0 amide bonds. The van der Waals surface area contributed by atoms with Crippen LogP contribution in [0, 0.1) is 0 Å². The van der Waals surface area contributed by atoms with Crippen LogP contribution in [-0.4, -0.2) is 34.7 Å². The van der Waals surface area contributed by atoms with Crippen molar-refractivity contribution in [1.29, 1.82) is 0 Å². The van der Waals surface area contributed by atoms with E-state index in [9.17, 15) is 8.42 Å². The van der Waals surface area contributed by atoms with Crippen LogP contribution in [0.2, 0.25) is 0 Å². The molecule has 2 aliphatic rings. The van der Waals surface area contributed by atoms with E-state index in [4.69, 9.17) is 4.74 Å². The Kier molecular flexibility index (Phi) is 5.21. The van der Waals surface area contributed by atoms with Gasteiger partial charge in [-0.05, 0) is 57.0 Å². The largest absolute Gasteiger partial charge is 0.370 e. The Morgan fingerprint density at radius 2 is 1.91 bits per heavy atom. The van der Waals surface area contributed by atoms with Crippen LogP contribution in [0.5, 0.6) is 0 Å². The van der Waals surface area contributed by atoms with Crippen molar-refractivity contribution in [2.75, 3.05) is 21.5 Å². The SMILES string of the molecule is CC(C)(C)S(=O)(=O)N1CCc2ccc(Nc3nc(Nc4cccnc4)nc4c3COC4)cc21. The lowest BCUT2D eigenvalue weighted by Crippen LogP contribution is -2.42. The van der Waals surface area contributed by atoms with E-state index in [2.05, 4.69) is 25.6 Å². The molecule has 0 radical (unpaired) electrons. The van der Waals surface area contributed by atoms with Crippen LogP contribution >= 0.6 is 0 Å². The lowest BCUT2D eigenvalue weighted by Gasteiger charge is -2.28. The van der Waals surface area contributed by atoms with Gasteiger partial charge in [-0.3, -0.25) is 9.29 Å². The molecule has 2 aromatic heterocycles. The summed E-state index contributed by atoms with van der Waals surface area (Å²) in [6.07, 6.45) is 4.10. The molecule has 10 heteroatoms. The van der Waals surface area contributed by atoms with E-state index in [1.165, 1.54) is 4.31 Å². The second kappa shape index (κ2) is 7.96. The van der Waals surface area contributed by atoms with Gasteiger partial charge in [0, 0.05) is 24.0 Å². The molecule has 0 spiro atoms. The molecule has 9 nitrogen and oxygen atoms in total. The van der Waals surface area contributed by atoms with E-state index in [0.717, 1.165) is 28.2 Å². The summed E-state index contributed by atoms with van der Waals surface area (Å²) in [6.45, 7) is 6.46. The standard InChI is InChI=1S/C23H26N6O3S/c1-23(2,3)33(30,31)29-10-8-15-6-7-16(11-20(15)29)25-21-18-13-32-14-19(18)27-22(28-21)26-17-5-4-9-24-12-17/h4-7,9,11-12H,8,10,13-14H2,1-3H3,(H2,25,26,27,28). The lowest BCUT2D eigenvalue weighted by molar-refractivity contribution is 0.133. The van der Waals surface area contributed by atoms with Gasteiger partial charge in [-0.1, -0.05) is 6.07 Å². The first-order valence-electron chi connectivity index (χ1n) is 10.8. The number of fused-ring (bicyclic) bond motifs is 2. The average Bonchev–Trinajstić information content (AvgIpc) is 3.40. The van der Waals surface area contributed by atoms with Gasteiger partial charge in [-0.25, -0.2) is 13.4 Å². The van der Waals surface area contributed by atoms with Gasteiger partial charge in [0.25, 0.3) is 0 Å². The number of aromatic nitrogens is 3. The van der Waals surface area contributed by atoms with Gasteiger partial charge in [-0.15, -0.1) is 0 Å². The Morgan fingerprint density at radius 1 is 1.06 bits per heavy atom. The highest BCUT2D eigenvalue weighted by atomic mass is 32.2. The molecular formula is C23H26N6O3S. The lowest BCUT2D eigenvalue weighted by atomic mass is 10.1. The molecule has 0 saturated heterocycles. The summed E-state index contributed by atoms with van der Waals surface area (Å²) in [6, 6.07) is 9.52. The molecule has 0 saturated carbocycles. The Labute approximate surface area is 193 Å². The summed E-state index contributed by atoms with van der Waals surface area (Å²) in [5, 5.41) is 6.54. The first-order valence-corrected chi connectivity index (χ1v) is 12.2. The van der Waals surface area contributed by atoms with Gasteiger partial charge in [0.1, 0.15) is 5.82 Å². The van der Waals surface area contributed by atoms with Gasteiger partial charge in [0.2, 0.25) is 16.0 Å². The summed E-state index contributed by atoms with van der Waals surface area (Å²) in [7, 11) is -3.49. The molecule has 172 valence electrons. The predicted octanol–water partition coefficient (Wildman–Crippen LogP) is 3.88. The molecule has 2 N–H and O–H groups in total. The van der Waals surface area contributed by atoms with E-state index in [1.54, 1.807) is 33.2 Å². The topological polar surface area (TPSA) is 109 Å². The number of pyridine rings is 1. The van der Waals surface area contributed by atoms with E-state index in [-0.39, 0.29) is 0 Å². The molecule has 0 unspecified atom stereocenters. The zero-order chi connectivity index (χ0) is 23.2. The molecule has 4 heterocycles. The number of benzene rings is 1. The Morgan fingerprint density at radius 3 is 2.67 bits per heavy atom. The van der Waals surface area contributed by atoms with Gasteiger partial charge >= 0.3 is 0 Å². The summed E-state index contributed by atoms with van der Waals surface area (Å²) in [5.74, 6) is 1.07. The summed E-state index contributed by atoms with van der Waals surface area (Å²) in [4.78, 5) is 13.3. The maximum absolute atomic E-state index is 13.1. The number of anilines is 5.